The van der Waals surface area contributed by atoms with Crippen molar-refractivity contribution in [2.75, 3.05) is 26.2 Å². The highest BCUT2D eigenvalue weighted by atomic mass is 32.2. The largest absolute Gasteiger partial charge is 0.481 e. The number of rotatable bonds is 7. The van der Waals surface area contributed by atoms with E-state index in [4.69, 9.17) is 9.84 Å². The van der Waals surface area contributed by atoms with E-state index in [1.807, 2.05) is 0 Å². The summed E-state index contributed by atoms with van der Waals surface area (Å²) in [5.41, 5.74) is 0. The van der Waals surface area contributed by atoms with Gasteiger partial charge in [0.15, 0.2) is 0 Å². The predicted molar refractivity (Wildman–Crippen MR) is 74.7 cm³/mol. The van der Waals surface area contributed by atoms with E-state index in [9.17, 15) is 18.0 Å². The third-order valence-corrected chi connectivity index (χ3v) is 4.88. The fraction of sp³-hybridized carbons (Fsp3) is 0.833. The maximum absolute atomic E-state index is 12.1. The number of carboxylic acid groups (broad SMARTS) is 1. The number of esters is 1. The first-order valence-electron chi connectivity index (χ1n) is 6.92. The van der Waals surface area contributed by atoms with Crippen LogP contribution in [0.2, 0.25) is 0 Å². The number of hydrogen-bond acceptors (Lipinski definition) is 5. The van der Waals surface area contributed by atoms with Gasteiger partial charge in [-0.1, -0.05) is 6.92 Å². The van der Waals surface area contributed by atoms with Crippen LogP contribution < -0.4 is 4.72 Å². The van der Waals surface area contributed by atoms with Gasteiger partial charge < -0.3 is 9.84 Å². The third kappa shape index (κ3) is 5.25. The Morgan fingerprint density at radius 1 is 1.48 bits per heavy atom. The fourth-order valence-corrected chi connectivity index (χ4v) is 3.41. The Balaban J connectivity index is 2.61. The normalized spacial score (nSPS) is 21.7. The van der Waals surface area contributed by atoms with Gasteiger partial charge in [0.2, 0.25) is 0 Å². The van der Waals surface area contributed by atoms with Crippen molar-refractivity contribution in [3.63, 3.8) is 0 Å². The second-order valence-corrected chi connectivity index (χ2v) is 6.80. The number of carboxylic acids is 1. The Kier molecular flexibility index (Phi) is 6.56. The van der Waals surface area contributed by atoms with Crippen LogP contribution in [0.5, 0.6) is 0 Å². The molecular weight excluding hydrogens is 300 g/mol. The van der Waals surface area contributed by atoms with E-state index in [1.165, 1.54) is 11.2 Å². The summed E-state index contributed by atoms with van der Waals surface area (Å²) in [6.45, 7) is 3.57. The van der Waals surface area contributed by atoms with Crippen LogP contribution in [-0.2, 0) is 24.5 Å². The van der Waals surface area contributed by atoms with Crippen molar-refractivity contribution in [1.29, 1.82) is 0 Å². The molecular formula is C12H22N2O6S. The SMILES string of the molecule is CCOC(=O)C1CCCN(S(=O)(=O)NCC(C)C(=O)O)C1. The van der Waals surface area contributed by atoms with Gasteiger partial charge in [0, 0.05) is 19.6 Å². The lowest BCUT2D eigenvalue weighted by Crippen LogP contribution is -2.48. The van der Waals surface area contributed by atoms with Gasteiger partial charge in [0.1, 0.15) is 0 Å². The van der Waals surface area contributed by atoms with Gasteiger partial charge >= 0.3 is 11.9 Å². The maximum Gasteiger partial charge on any atom is 0.310 e. The van der Waals surface area contributed by atoms with Crippen molar-refractivity contribution < 1.29 is 27.9 Å². The number of nitrogens with one attached hydrogen (secondary N) is 1. The van der Waals surface area contributed by atoms with Crippen LogP contribution in [0.25, 0.3) is 0 Å². The van der Waals surface area contributed by atoms with Gasteiger partial charge in [-0.25, -0.2) is 4.72 Å². The van der Waals surface area contributed by atoms with Crippen LogP contribution >= 0.6 is 0 Å². The molecule has 0 aromatic carbocycles. The van der Waals surface area contributed by atoms with Crippen LogP contribution in [0.15, 0.2) is 0 Å². The summed E-state index contributed by atoms with van der Waals surface area (Å²) in [7, 11) is -3.78. The Bertz CT molecular complexity index is 478. The molecule has 8 nitrogen and oxygen atoms in total. The molecule has 1 aliphatic heterocycles. The molecule has 1 heterocycles. The summed E-state index contributed by atoms with van der Waals surface area (Å²) in [6, 6.07) is 0. The lowest BCUT2D eigenvalue weighted by molar-refractivity contribution is -0.149. The first-order valence-corrected chi connectivity index (χ1v) is 8.36. The van der Waals surface area contributed by atoms with Crippen molar-refractivity contribution in [3.05, 3.63) is 0 Å². The van der Waals surface area contributed by atoms with Crippen molar-refractivity contribution in [2.45, 2.75) is 26.7 Å². The summed E-state index contributed by atoms with van der Waals surface area (Å²) >= 11 is 0. The Labute approximate surface area is 124 Å². The Morgan fingerprint density at radius 3 is 2.71 bits per heavy atom. The summed E-state index contributed by atoms with van der Waals surface area (Å²) < 4.78 is 32.6. The minimum atomic E-state index is -3.78. The lowest BCUT2D eigenvalue weighted by atomic mass is 10.0. The van der Waals surface area contributed by atoms with Gasteiger partial charge in [0.05, 0.1) is 18.4 Å². The summed E-state index contributed by atoms with van der Waals surface area (Å²) in [6.07, 6.45) is 1.16. The number of hydrogen-bond donors (Lipinski definition) is 2. The molecule has 2 N–H and O–H groups in total. The van der Waals surface area contributed by atoms with Crippen LogP contribution in [0, 0.1) is 11.8 Å². The van der Waals surface area contributed by atoms with Gasteiger partial charge in [-0.2, -0.15) is 12.7 Å². The van der Waals surface area contributed by atoms with E-state index in [-0.39, 0.29) is 19.7 Å². The molecule has 0 bridgehead atoms. The molecule has 2 atom stereocenters. The second kappa shape index (κ2) is 7.71. The molecule has 1 rings (SSSR count). The van der Waals surface area contributed by atoms with Crippen molar-refractivity contribution >= 4 is 22.1 Å². The molecule has 0 aromatic heterocycles. The minimum absolute atomic E-state index is 0.0651. The van der Waals surface area contributed by atoms with E-state index in [1.54, 1.807) is 6.92 Å². The minimum Gasteiger partial charge on any atom is -0.481 e. The molecule has 21 heavy (non-hydrogen) atoms. The highest BCUT2D eigenvalue weighted by Gasteiger charge is 2.33. The molecule has 0 radical (unpaired) electrons. The molecule has 1 fully saturated rings. The summed E-state index contributed by atoms with van der Waals surface area (Å²) in [4.78, 5) is 22.4. The molecule has 0 aliphatic carbocycles. The first-order chi connectivity index (χ1) is 9.77. The van der Waals surface area contributed by atoms with E-state index < -0.39 is 34.0 Å². The van der Waals surface area contributed by atoms with E-state index in [0.29, 0.717) is 19.4 Å². The highest BCUT2D eigenvalue weighted by molar-refractivity contribution is 7.87. The summed E-state index contributed by atoms with van der Waals surface area (Å²) in [5.74, 6) is -2.74. The molecule has 0 amide bonds. The molecule has 2 unspecified atom stereocenters. The molecule has 0 aromatic rings. The monoisotopic (exact) mass is 322 g/mol. The molecule has 1 saturated heterocycles. The van der Waals surface area contributed by atoms with Crippen molar-refractivity contribution in [1.82, 2.24) is 9.03 Å². The van der Waals surface area contributed by atoms with Gasteiger partial charge in [-0.15, -0.1) is 0 Å². The first kappa shape index (κ1) is 17.9. The lowest BCUT2D eigenvalue weighted by Gasteiger charge is -2.30. The molecule has 122 valence electrons. The molecule has 0 spiro atoms. The number of ether oxygens (including phenoxy) is 1. The highest BCUT2D eigenvalue weighted by Crippen LogP contribution is 2.20. The third-order valence-electron chi connectivity index (χ3n) is 3.34. The average Bonchev–Trinajstić information content (AvgIpc) is 2.45. The number of nitrogens with zero attached hydrogens (tertiary/aromatic N) is 1. The van der Waals surface area contributed by atoms with Crippen LogP contribution in [0.1, 0.15) is 26.7 Å². The number of aliphatic carboxylic acids is 1. The molecule has 9 heteroatoms. The zero-order valence-electron chi connectivity index (χ0n) is 12.2. The van der Waals surface area contributed by atoms with Crippen molar-refractivity contribution in [2.24, 2.45) is 11.8 Å². The predicted octanol–water partition coefficient (Wildman–Crippen LogP) is -0.183. The Hall–Kier alpha value is -1.19. The quantitative estimate of drug-likeness (QED) is 0.629. The van der Waals surface area contributed by atoms with E-state index in [2.05, 4.69) is 4.72 Å². The maximum atomic E-state index is 12.1. The zero-order valence-corrected chi connectivity index (χ0v) is 13.1. The fourth-order valence-electron chi connectivity index (χ4n) is 2.02. The number of carbonyl (C=O) groups excluding carboxylic acids is 1. The molecule has 1 aliphatic rings. The average molecular weight is 322 g/mol. The molecule has 0 saturated carbocycles. The van der Waals surface area contributed by atoms with Gasteiger partial charge in [-0.05, 0) is 19.8 Å². The zero-order chi connectivity index (χ0) is 16.0. The van der Waals surface area contributed by atoms with Gasteiger partial charge in [-0.3, -0.25) is 9.59 Å². The van der Waals surface area contributed by atoms with E-state index >= 15 is 0 Å². The van der Waals surface area contributed by atoms with Crippen LogP contribution in [-0.4, -0.2) is 56.0 Å². The summed E-state index contributed by atoms with van der Waals surface area (Å²) in [5, 5.41) is 8.75. The topological polar surface area (TPSA) is 113 Å². The van der Waals surface area contributed by atoms with Crippen molar-refractivity contribution in [3.8, 4) is 0 Å². The number of carbonyl (C=O) groups is 2. The van der Waals surface area contributed by atoms with E-state index in [0.717, 1.165) is 0 Å². The standard InChI is InChI=1S/C12H22N2O6S/c1-3-20-12(17)10-5-4-6-14(8-10)21(18,19)13-7-9(2)11(15)16/h9-10,13H,3-8H2,1-2H3,(H,15,16). The second-order valence-electron chi connectivity index (χ2n) is 5.04. The number of piperidine rings is 1. The van der Waals surface area contributed by atoms with Gasteiger partial charge in [0.25, 0.3) is 10.2 Å². The Morgan fingerprint density at radius 2 is 2.14 bits per heavy atom. The smallest absolute Gasteiger partial charge is 0.310 e. The van der Waals surface area contributed by atoms with Crippen LogP contribution in [0.4, 0.5) is 0 Å². The van der Waals surface area contributed by atoms with Crippen LogP contribution in [0.3, 0.4) is 0 Å².